The van der Waals surface area contributed by atoms with E-state index in [2.05, 4.69) is 20.1 Å². The number of ether oxygens (including phenoxy) is 2. The molecule has 1 fully saturated rings. The molecule has 2 aliphatic rings. The Balaban J connectivity index is 1.20. The van der Waals surface area contributed by atoms with Gasteiger partial charge in [-0.2, -0.15) is 0 Å². The second-order valence-electron chi connectivity index (χ2n) is 8.46. The lowest BCUT2D eigenvalue weighted by Gasteiger charge is -2.19. The first-order valence-corrected chi connectivity index (χ1v) is 13.0. The summed E-state index contributed by atoms with van der Waals surface area (Å²) in [5, 5.41) is 13.3. The fourth-order valence-corrected chi connectivity index (χ4v) is 5.52. The van der Waals surface area contributed by atoms with E-state index in [0.29, 0.717) is 30.8 Å². The standard InChI is InChI=1S/C25H27ClN4O3S/c26-20-8-4-3-7-19(20)24-28-29-25(30(24)18-5-1-2-6-18)34-16-23(31)27-12-11-17-9-10-21-22(15-17)33-14-13-32-21/h3-4,7-10,15,18H,1-2,5-6,11-14,16H2,(H,27,31). The highest BCUT2D eigenvalue weighted by Crippen LogP contribution is 2.38. The predicted octanol–water partition coefficient (Wildman–Crippen LogP) is 4.94. The van der Waals surface area contributed by atoms with Crippen molar-refractivity contribution in [3.63, 3.8) is 0 Å². The summed E-state index contributed by atoms with van der Waals surface area (Å²) in [5.74, 6) is 2.58. The van der Waals surface area contributed by atoms with Crippen molar-refractivity contribution in [1.82, 2.24) is 20.1 Å². The number of benzene rings is 2. The first-order valence-electron chi connectivity index (χ1n) is 11.7. The Bertz CT molecular complexity index is 1160. The van der Waals surface area contributed by atoms with Gasteiger partial charge in [0.05, 0.1) is 10.8 Å². The Morgan fingerprint density at radius 3 is 2.71 bits per heavy atom. The minimum absolute atomic E-state index is 0.0252. The lowest BCUT2D eigenvalue weighted by Crippen LogP contribution is -2.27. The van der Waals surface area contributed by atoms with Gasteiger partial charge in [0.25, 0.3) is 0 Å². The zero-order valence-electron chi connectivity index (χ0n) is 18.8. The number of nitrogens with zero attached hydrogens (tertiary/aromatic N) is 3. The molecule has 1 saturated carbocycles. The van der Waals surface area contributed by atoms with Crippen molar-refractivity contribution in [2.75, 3.05) is 25.5 Å². The van der Waals surface area contributed by atoms with Gasteiger partial charge in [-0.15, -0.1) is 10.2 Å². The fourth-order valence-electron chi connectivity index (χ4n) is 4.46. The van der Waals surface area contributed by atoms with Gasteiger partial charge in [-0.05, 0) is 49.1 Å². The van der Waals surface area contributed by atoms with Crippen LogP contribution in [-0.2, 0) is 11.2 Å². The monoisotopic (exact) mass is 498 g/mol. The third-order valence-electron chi connectivity index (χ3n) is 6.14. The molecule has 0 radical (unpaired) electrons. The molecule has 9 heteroatoms. The maximum absolute atomic E-state index is 12.5. The Morgan fingerprint density at radius 2 is 1.88 bits per heavy atom. The highest BCUT2D eigenvalue weighted by Gasteiger charge is 2.26. The second kappa shape index (κ2) is 10.7. The molecule has 0 atom stereocenters. The average Bonchev–Trinajstić information content (AvgIpc) is 3.53. The average molecular weight is 499 g/mol. The van der Waals surface area contributed by atoms with E-state index in [9.17, 15) is 4.79 Å². The van der Waals surface area contributed by atoms with E-state index < -0.39 is 0 Å². The number of amides is 1. The zero-order chi connectivity index (χ0) is 23.3. The summed E-state index contributed by atoms with van der Waals surface area (Å²) in [6, 6.07) is 14.0. The van der Waals surface area contributed by atoms with Crippen molar-refractivity contribution in [2.24, 2.45) is 0 Å². The number of nitrogens with one attached hydrogen (secondary N) is 1. The number of carbonyl (C=O) groups excluding carboxylic acids is 1. The largest absolute Gasteiger partial charge is 0.486 e. The van der Waals surface area contributed by atoms with Crippen LogP contribution in [0.2, 0.25) is 5.02 Å². The number of carbonyl (C=O) groups is 1. The number of aromatic nitrogens is 3. The van der Waals surface area contributed by atoms with Crippen LogP contribution in [0.4, 0.5) is 0 Å². The molecule has 178 valence electrons. The number of fused-ring (bicyclic) bond motifs is 1. The fraction of sp³-hybridized carbons (Fsp3) is 0.400. The van der Waals surface area contributed by atoms with Crippen molar-refractivity contribution < 1.29 is 14.3 Å². The van der Waals surface area contributed by atoms with Crippen molar-refractivity contribution in [3.05, 3.63) is 53.1 Å². The number of rotatable bonds is 8. The molecule has 1 aliphatic heterocycles. The minimum Gasteiger partial charge on any atom is -0.486 e. The molecule has 1 aromatic heterocycles. The quantitative estimate of drug-likeness (QED) is 0.443. The number of hydrogen-bond acceptors (Lipinski definition) is 6. The van der Waals surface area contributed by atoms with Crippen LogP contribution >= 0.6 is 23.4 Å². The first kappa shape index (κ1) is 23.1. The predicted molar refractivity (Wildman–Crippen MR) is 133 cm³/mol. The van der Waals surface area contributed by atoms with Gasteiger partial charge in [0.15, 0.2) is 22.5 Å². The molecule has 0 saturated heterocycles. The molecule has 1 amide bonds. The van der Waals surface area contributed by atoms with Crippen LogP contribution in [0.25, 0.3) is 11.4 Å². The summed E-state index contributed by atoms with van der Waals surface area (Å²) >= 11 is 7.88. The van der Waals surface area contributed by atoms with Gasteiger partial charge < -0.3 is 14.8 Å². The third kappa shape index (κ3) is 5.18. The van der Waals surface area contributed by atoms with Gasteiger partial charge in [-0.3, -0.25) is 9.36 Å². The van der Waals surface area contributed by atoms with E-state index in [0.717, 1.165) is 52.9 Å². The third-order valence-corrected chi connectivity index (χ3v) is 7.42. The van der Waals surface area contributed by atoms with Gasteiger partial charge in [-0.1, -0.05) is 54.4 Å². The summed E-state index contributed by atoms with van der Waals surface area (Å²) in [6.45, 7) is 1.70. The summed E-state index contributed by atoms with van der Waals surface area (Å²) in [7, 11) is 0. The maximum Gasteiger partial charge on any atom is 0.230 e. The SMILES string of the molecule is O=C(CSc1nnc(-c2ccccc2Cl)n1C1CCCC1)NCCc1ccc2c(c1)OCCO2. The van der Waals surface area contributed by atoms with Crippen LogP contribution in [0.5, 0.6) is 11.5 Å². The Hall–Kier alpha value is -2.71. The lowest BCUT2D eigenvalue weighted by molar-refractivity contribution is -0.118. The Morgan fingerprint density at radius 1 is 1.09 bits per heavy atom. The van der Waals surface area contributed by atoms with Crippen molar-refractivity contribution in [2.45, 2.75) is 43.3 Å². The maximum atomic E-state index is 12.5. The molecule has 1 aliphatic carbocycles. The van der Waals surface area contributed by atoms with Gasteiger partial charge in [0.1, 0.15) is 13.2 Å². The summed E-state index contributed by atoms with van der Waals surface area (Å²) < 4.78 is 13.4. The van der Waals surface area contributed by atoms with E-state index in [1.807, 2.05) is 42.5 Å². The van der Waals surface area contributed by atoms with Crippen LogP contribution in [0.15, 0.2) is 47.6 Å². The molecule has 2 heterocycles. The van der Waals surface area contributed by atoms with E-state index in [1.165, 1.54) is 24.6 Å². The van der Waals surface area contributed by atoms with Crippen LogP contribution in [-0.4, -0.2) is 46.2 Å². The molecule has 0 bridgehead atoms. The van der Waals surface area contributed by atoms with E-state index in [4.69, 9.17) is 21.1 Å². The van der Waals surface area contributed by atoms with Crippen LogP contribution in [0.1, 0.15) is 37.3 Å². The van der Waals surface area contributed by atoms with Gasteiger partial charge >= 0.3 is 0 Å². The highest BCUT2D eigenvalue weighted by atomic mass is 35.5. The molecule has 0 spiro atoms. The number of thioether (sulfide) groups is 1. The molecule has 1 N–H and O–H groups in total. The van der Waals surface area contributed by atoms with Crippen LogP contribution < -0.4 is 14.8 Å². The summed E-state index contributed by atoms with van der Waals surface area (Å²) in [5.41, 5.74) is 1.97. The molecule has 34 heavy (non-hydrogen) atoms. The van der Waals surface area contributed by atoms with E-state index in [1.54, 1.807) is 0 Å². The lowest BCUT2D eigenvalue weighted by atomic mass is 10.1. The normalized spacial score (nSPS) is 15.4. The molecule has 0 unspecified atom stereocenters. The second-order valence-corrected chi connectivity index (χ2v) is 9.81. The molecular formula is C25H27ClN4O3S. The highest BCUT2D eigenvalue weighted by molar-refractivity contribution is 7.99. The van der Waals surface area contributed by atoms with Crippen molar-refractivity contribution in [3.8, 4) is 22.9 Å². The van der Waals surface area contributed by atoms with Crippen molar-refractivity contribution >= 4 is 29.3 Å². The van der Waals surface area contributed by atoms with E-state index in [-0.39, 0.29) is 11.7 Å². The van der Waals surface area contributed by atoms with Gasteiger partial charge in [0.2, 0.25) is 5.91 Å². The number of halogens is 1. The molecule has 5 rings (SSSR count). The van der Waals surface area contributed by atoms with Gasteiger partial charge in [-0.25, -0.2) is 0 Å². The Kier molecular flexibility index (Phi) is 7.25. The van der Waals surface area contributed by atoms with Crippen molar-refractivity contribution in [1.29, 1.82) is 0 Å². The van der Waals surface area contributed by atoms with E-state index >= 15 is 0 Å². The molecule has 7 nitrogen and oxygen atoms in total. The number of hydrogen-bond donors (Lipinski definition) is 1. The molecule has 2 aromatic carbocycles. The molecule has 3 aromatic rings. The van der Waals surface area contributed by atoms with Crippen LogP contribution in [0.3, 0.4) is 0 Å². The summed E-state index contributed by atoms with van der Waals surface area (Å²) in [4.78, 5) is 12.5. The Labute approximate surface area is 208 Å². The molecular weight excluding hydrogens is 472 g/mol. The topological polar surface area (TPSA) is 78.3 Å². The zero-order valence-corrected chi connectivity index (χ0v) is 20.4. The van der Waals surface area contributed by atoms with Crippen LogP contribution in [0, 0.1) is 0 Å². The summed E-state index contributed by atoms with van der Waals surface area (Å²) in [6.07, 6.45) is 5.28. The first-order chi connectivity index (χ1) is 16.7. The van der Waals surface area contributed by atoms with Gasteiger partial charge in [0, 0.05) is 18.2 Å². The smallest absolute Gasteiger partial charge is 0.230 e. The minimum atomic E-state index is -0.0252.